The zero-order chi connectivity index (χ0) is 13.8. The third kappa shape index (κ3) is 3.09. The first-order valence-electron chi connectivity index (χ1n) is 5.95. The minimum atomic E-state index is -0.432. The third-order valence-corrected chi connectivity index (χ3v) is 2.72. The van der Waals surface area contributed by atoms with Crippen LogP contribution >= 0.6 is 0 Å². The molecular formula is C13H15FN4O. The van der Waals surface area contributed by atoms with Gasteiger partial charge in [-0.05, 0) is 18.2 Å². The first-order chi connectivity index (χ1) is 9.10. The lowest BCUT2D eigenvalue weighted by molar-refractivity contribution is -0.116. The first kappa shape index (κ1) is 13.1. The Balaban J connectivity index is 2.05. The third-order valence-electron chi connectivity index (χ3n) is 2.72. The largest absolute Gasteiger partial charge is 0.397 e. The van der Waals surface area contributed by atoms with Crippen LogP contribution in [0.2, 0.25) is 0 Å². The molecule has 5 nitrogen and oxygen atoms in total. The van der Waals surface area contributed by atoms with Gasteiger partial charge in [0.05, 0.1) is 11.4 Å². The van der Waals surface area contributed by atoms with Crippen LogP contribution in [0.15, 0.2) is 30.6 Å². The number of nitrogens with two attached hydrogens (primary N) is 1. The smallest absolute Gasteiger partial charge is 0.244 e. The Morgan fingerprint density at radius 3 is 3.00 bits per heavy atom. The summed E-state index contributed by atoms with van der Waals surface area (Å²) in [6.07, 6.45) is 4.14. The number of hydrogen-bond donors (Lipinski definition) is 2. The number of rotatable bonds is 4. The molecule has 0 saturated carbocycles. The summed E-state index contributed by atoms with van der Waals surface area (Å²) in [6.45, 7) is 2.12. The van der Waals surface area contributed by atoms with Crippen molar-refractivity contribution in [3.63, 3.8) is 0 Å². The fraction of sp³-hybridized carbons (Fsp3) is 0.231. The van der Waals surface area contributed by atoms with Gasteiger partial charge in [0.2, 0.25) is 5.91 Å². The second kappa shape index (κ2) is 5.51. The van der Waals surface area contributed by atoms with E-state index in [1.54, 1.807) is 17.0 Å². The van der Waals surface area contributed by atoms with Gasteiger partial charge in [-0.25, -0.2) is 9.37 Å². The second-order valence-electron chi connectivity index (χ2n) is 4.10. The van der Waals surface area contributed by atoms with E-state index in [2.05, 4.69) is 10.3 Å². The number of carbonyl (C=O) groups is 1. The molecule has 100 valence electrons. The molecular weight excluding hydrogens is 247 g/mol. The molecule has 2 aromatic rings. The molecule has 1 aromatic heterocycles. The van der Waals surface area contributed by atoms with Crippen molar-refractivity contribution in [1.82, 2.24) is 9.55 Å². The van der Waals surface area contributed by atoms with E-state index in [1.807, 2.05) is 6.92 Å². The van der Waals surface area contributed by atoms with Gasteiger partial charge in [0.15, 0.2) is 0 Å². The fourth-order valence-electron chi connectivity index (χ4n) is 1.79. The summed E-state index contributed by atoms with van der Waals surface area (Å²) in [5.74, 6) is 0.173. The van der Waals surface area contributed by atoms with E-state index < -0.39 is 5.82 Å². The molecule has 3 N–H and O–H groups in total. The van der Waals surface area contributed by atoms with Crippen molar-refractivity contribution in [2.75, 3.05) is 11.1 Å². The molecule has 2 rings (SSSR count). The lowest BCUT2D eigenvalue weighted by Crippen LogP contribution is -2.20. The number of halogens is 1. The summed E-state index contributed by atoms with van der Waals surface area (Å²) in [4.78, 5) is 16.0. The van der Waals surface area contributed by atoms with Crippen molar-refractivity contribution in [2.45, 2.75) is 19.9 Å². The number of nitrogen functional groups attached to an aromatic ring is 1. The van der Waals surface area contributed by atoms with Gasteiger partial charge in [0, 0.05) is 18.8 Å². The normalized spacial score (nSPS) is 10.4. The van der Waals surface area contributed by atoms with Crippen molar-refractivity contribution in [1.29, 1.82) is 0 Å². The van der Waals surface area contributed by atoms with Gasteiger partial charge in [0.25, 0.3) is 0 Å². The van der Waals surface area contributed by atoms with E-state index in [9.17, 15) is 9.18 Å². The predicted octanol–water partition coefficient (Wildman–Crippen LogP) is 1.81. The van der Waals surface area contributed by atoms with E-state index in [0.29, 0.717) is 5.69 Å². The number of benzene rings is 1. The van der Waals surface area contributed by atoms with E-state index in [1.165, 1.54) is 18.2 Å². The van der Waals surface area contributed by atoms with Crippen LogP contribution in [0.5, 0.6) is 0 Å². The Labute approximate surface area is 110 Å². The average molecular weight is 262 g/mol. The molecule has 0 spiro atoms. The second-order valence-corrected chi connectivity index (χ2v) is 4.10. The van der Waals surface area contributed by atoms with Crippen LogP contribution in [0, 0.1) is 5.82 Å². The molecule has 0 saturated heterocycles. The minimum absolute atomic E-state index is 0.153. The average Bonchev–Trinajstić information content (AvgIpc) is 2.80. The van der Waals surface area contributed by atoms with Crippen molar-refractivity contribution < 1.29 is 9.18 Å². The Morgan fingerprint density at radius 2 is 2.32 bits per heavy atom. The van der Waals surface area contributed by atoms with Gasteiger partial charge in [-0.2, -0.15) is 0 Å². The molecule has 0 bridgehead atoms. The maximum absolute atomic E-state index is 12.9. The van der Waals surface area contributed by atoms with Crippen LogP contribution in [-0.4, -0.2) is 15.5 Å². The summed E-state index contributed by atoms with van der Waals surface area (Å²) in [5, 5.41) is 2.65. The molecule has 1 heterocycles. The SMILES string of the molecule is CCc1nccn1CC(=O)Nc1ccc(F)cc1N. The fourth-order valence-corrected chi connectivity index (χ4v) is 1.79. The van der Waals surface area contributed by atoms with E-state index in [-0.39, 0.29) is 18.1 Å². The van der Waals surface area contributed by atoms with Crippen molar-refractivity contribution in [3.8, 4) is 0 Å². The number of nitrogens with zero attached hydrogens (tertiary/aromatic N) is 2. The van der Waals surface area contributed by atoms with Gasteiger partial charge in [-0.15, -0.1) is 0 Å². The van der Waals surface area contributed by atoms with Crippen LogP contribution in [0.25, 0.3) is 0 Å². The van der Waals surface area contributed by atoms with Gasteiger partial charge >= 0.3 is 0 Å². The van der Waals surface area contributed by atoms with Crippen LogP contribution in [0.3, 0.4) is 0 Å². The van der Waals surface area contributed by atoms with Crippen molar-refractivity contribution >= 4 is 17.3 Å². The summed E-state index contributed by atoms with van der Waals surface area (Å²) in [5.41, 5.74) is 6.24. The number of nitrogens with one attached hydrogen (secondary N) is 1. The topological polar surface area (TPSA) is 72.9 Å². The maximum Gasteiger partial charge on any atom is 0.244 e. The van der Waals surface area contributed by atoms with Gasteiger partial charge in [-0.1, -0.05) is 6.92 Å². The summed E-state index contributed by atoms with van der Waals surface area (Å²) in [7, 11) is 0. The van der Waals surface area contributed by atoms with E-state index in [4.69, 9.17) is 5.73 Å². The first-order valence-corrected chi connectivity index (χ1v) is 5.95. The standard InChI is InChI=1S/C13H15FN4O/c1-2-12-16-5-6-18(12)8-13(19)17-11-4-3-9(14)7-10(11)15/h3-7H,2,8,15H2,1H3,(H,17,19). The summed E-state index contributed by atoms with van der Waals surface area (Å²) in [6, 6.07) is 3.86. The van der Waals surface area contributed by atoms with Crippen LogP contribution in [0.4, 0.5) is 15.8 Å². The highest BCUT2D eigenvalue weighted by molar-refractivity contribution is 5.93. The van der Waals surface area contributed by atoms with Crippen LogP contribution in [0.1, 0.15) is 12.7 Å². The minimum Gasteiger partial charge on any atom is -0.397 e. The predicted molar refractivity (Wildman–Crippen MR) is 71.0 cm³/mol. The molecule has 0 unspecified atom stereocenters. The highest BCUT2D eigenvalue weighted by Gasteiger charge is 2.08. The maximum atomic E-state index is 12.9. The molecule has 0 aliphatic carbocycles. The van der Waals surface area contributed by atoms with Gasteiger partial charge in [-0.3, -0.25) is 4.79 Å². The van der Waals surface area contributed by atoms with Crippen molar-refractivity contribution in [2.24, 2.45) is 0 Å². The zero-order valence-electron chi connectivity index (χ0n) is 10.6. The number of carbonyl (C=O) groups excluding carboxylic acids is 1. The molecule has 0 aliphatic rings. The number of aromatic nitrogens is 2. The Kier molecular flexibility index (Phi) is 3.79. The van der Waals surface area contributed by atoms with Gasteiger partial charge in [0.1, 0.15) is 18.2 Å². The lowest BCUT2D eigenvalue weighted by Gasteiger charge is -2.10. The summed E-state index contributed by atoms with van der Waals surface area (Å²) >= 11 is 0. The number of imidazole rings is 1. The van der Waals surface area contributed by atoms with E-state index >= 15 is 0 Å². The van der Waals surface area contributed by atoms with Gasteiger partial charge < -0.3 is 15.6 Å². The summed E-state index contributed by atoms with van der Waals surface area (Å²) < 4.78 is 14.6. The van der Waals surface area contributed by atoms with Crippen molar-refractivity contribution in [3.05, 3.63) is 42.2 Å². The molecule has 0 radical (unpaired) electrons. The van der Waals surface area contributed by atoms with Crippen LogP contribution in [-0.2, 0) is 17.8 Å². The number of amides is 1. The quantitative estimate of drug-likeness (QED) is 0.825. The number of aryl methyl sites for hydroxylation is 1. The highest BCUT2D eigenvalue weighted by atomic mass is 19.1. The Bertz CT molecular complexity index is 594. The monoisotopic (exact) mass is 262 g/mol. The molecule has 0 fully saturated rings. The molecule has 0 aliphatic heterocycles. The number of hydrogen-bond acceptors (Lipinski definition) is 3. The number of anilines is 2. The Morgan fingerprint density at radius 1 is 1.53 bits per heavy atom. The molecule has 1 amide bonds. The van der Waals surface area contributed by atoms with E-state index in [0.717, 1.165) is 12.2 Å². The molecule has 1 aromatic carbocycles. The molecule has 0 atom stereocenters. The van der Waals surface area contributed by atoms with Crippen LogP contribution < -0.4 is 11.1 Å². The highest BCUT2D eigenvalue weighted by Crippen LogP contribution is 2.19. The lowest BCUT2D eigenvalue weighted by atomic mass is 10.2. The zero-order valence-corrected chi connectivity index (χ0v) is 10.6. The molecule has 19 heavy (non-hydrogen) atoms. The Hall–Kier alpha value is -2.37. The molecule has 6 heteroatoms.